The van der Waals surface area contributed by atoms with Crippen molar-refractivity contribution in [2.24, 2.45) is 5.73 Å². The molecule has 0 bridgehead atoms. The van der Waals surface area contributed by atoms with Gasteiger partial charge in [0.15, 0.2) is 0 Å². The lowest BCUT2D eigenvalue weighted by molar-refractivity contribution is 0.813. The van der Waals surface area contributed by atoms with Crippen LogP contribution in [0.3, 0.4) is 0 Å². The predicted molar refractivity (Wildman–Crippen MR) is 59.0 cm³/mol. The van der Waals surface area contributed by atoms with Gasteiger partial charge in [-0.1, -0.05) is 33.6 Å². The van der Waals surface area contributed by atoms with Gasteiger partial charge in [0.1, 0.15) is 0 Å². The lowest BCUT2D eigenvalue weighted by Gasteiger charge is -2.09. The summed E-state index contributed by atoms with van der Waals surface area (Å²) in [5, 5.41) is 0.717. The molecule has 0 spiro atoms. The minimum absolute atomic E-state index is 0. The largest absolute Gasteiger partial charge is 0.324 e. The van der Waals surface area contributed by atoms with Gasteiger partial charge in [-0.25, -0.2) is 0 Å². The Morgan fingerprint density at radius 1 is 1.50 bits per heavy atom. The highest BCUT2D eigenvalue weighted by Gasteiger charge is 2.07. The average Bonchev–Trinajstić information content (AvgIpc) is 1.85. The van der Waals surface area contributed by atoms with E-state index in [1.165, 1.54) is 0 Å². The lowest BCUT2D eigenvalue weighted by atomic mass is 10.1. The van der Waals surface area contributed by atoms with Crippen molar-refractivity contribution in [3.05, 3.63) is 33.3 Å². The van der Waals surface area contributed by atoms with Gasteiger partial charge in [0.05, 0.1) is 0 Å². The molecule has 1 aromatic carbocycles. The second-order valence-corrected chi connectivity index (χ2v) is 3.69. The van der Waals surface area contributed by atoms with E-state index < -0.39 is 0 Å². The van der Waals surface area contributed by atoms with Crippen LogP contribution < -0.4 is 5.73 Å². The Kier molecular flexibility index (Phi) is 5.18. The standard InChI is InChI=1S/C8H9BrClN.ClH/c1-5(11)8-6(9)3-2-4-7(8)10;/h2-5H,11H2,1H3;1H/t5-;/m0./s1. The topological polar surface area (TPSA) is 26.0 Å². The quantitative estimate of drug-likeness (QED) is 0.830. The highest BCUT2D eigenvalue weighted by Crippen LogP contribution is 2.28. The van der Waals surface area contributed by atoms with Gasteiger partial charge in [0.2, 0.25) is 0 Å². The van der Waals surface area contributed by atoms with E-state index in [1.807, 2.05) is 25.1 Å². The van der Waals surface area contributed by atoms with Gasteiger partial charge >= 0.3 is 0 Å². The van der Waals surface area contributed by atoms with Gasteiger partial charge in [0, 0.05) is 21.1 Å². The van der Waals surface area contributed by atoms with Crippen molar-refractivity contribution in [2.75, 3.05) is 0 Å². The Hall–Kier alpha value is 0.240. The second kappa shape index (κ2) is 5.07. The molecule has 4 heteroatoms. The first kappa shape index (κ1) is 12.2. The number of hydrogen-bond donors (Lipinski definition) is 1. The second-order valence-electron chi connectivity index (χ2n) is 2.42. The molecule has 2 N–H and O–H groups in total. The molecule has 1 aromatic rings. The fourth-order valence-electron chi connectivity index (χ4n) is 0.946. The highest BCUT2D eigenvalue weighted by molar-refractivity contribution is 9.10. The van der Waals surface area contributed by atoms with Crippen LogP contribution in [0.1, 0.15) is 18.5 Å². The molecule has 0 heterocycles. The maximum absolute atomic E-state index is 5.91. The summed E-state index contributed by atoms with van der Waals surface area (Å²) in [5.74, 6) is 0. The van der Waals surface area contributed by atoms with Gasteiger partial charge in [-0.05, 0) is 19.1 Å². The molecule has 0 aromatic heterocycles. The van der Waals surface area contributed by atoms with Gasteiger partial charge in [-0.3, -0.25) is 0 Å². The van der Waals surface area contributed by atoms with Crippen LogP contribution in [0.25, 0.3) is 0 Å². The third-order valence-electron chi connectivity index (χ3n) is 1.46. The summed E-state index contributed by atoms with van der Waals surface area (Å²) in [6, 6.07) is 5.63. The van der Waals surface area contributed by atoms with Crippen LogP contribution in [0.2, 0.25) is 5.02 Å². The Morgan fingerprint density at radius 3 is 2.42 bits per heavy atom. The van der Waals surface area contributed by atoms with Crippen molar-refractivity contribution in [3.63, 3.8) is 0 Å². The zero-order valence-electron chi connectivity index (χ0n) is 6.55. The molecule has 12 heavy (non-hydrogen) atoms. The SMILES string of the molecule is C[C@H](N)c1c(Cl)cccc1Br.Cl. The van der Waals surface area contributed by atoms with Crippen LogP contribution in [-0.2, 0) is 0 Å². The van der Waals surface area contributed by atoms with Crippen molar-refractivity contribution >= 4 is 39.9 Å². The molecule has 0 radical (unpaired) electrons. The first-order valence-electron chi connectivity index (χ1n) is 3.32. The molecule has 0 saturated heterocycles. The molecule has 1 rings (SSSR count). The summed E-state index contributed by atoms with van der Waals surface area (Å²) in [6.07, 6.45) is 0. The van der Waals surface area contributed by atoms with Gasteiger partial charge in [-0.2, -0.15) is 0 Å². The summed E-state index contributed by atoms with van der Waals surface area (Å²) in [6.45, 7) is 1.91. The molecule has 0 unspecified atom stereocenters. The summed E-state index contributed by atoms with van der Waals surface area (Å²) in [5.41, 5.74) is 6.67. The molecular formula is C8H10BrCl2N. The van der Waals surface area contributed by atoms with Crippen LogP contribution in [-0.4, -0.2) is 0 Å². The predicted octanol–water partition coefficient (Wildman–Crippen LogP) is 3.54. The normalized spacial score (nSPS) is 12.0. The van der Waals surface area contributed by atoms with E-state index in [9.17, 15) is 0 Å². The lowest BCUT2D eigenvalue weighted by Crippen LogP contribution is -2.06. The maximum atomic E-state index is 5.91. The Labute approximate surface area is 91.8 Å². The zero-order chi connectivity index (χ0) is 8.43. The van der Waals surface area contributed by atoms with Crippen molar-refractivity contribution in [2.45, 2.75) is 13.0 Å². The number of benzene rings is 1. The number of rotatable bonds is 1. The Balaban J connectivity index is 0.00000121. The molecule has 0 aliphatic rings. The monoisotopic (exact) mass is 269 g/mol. The molecular weight excluding hydrogens is 261 g/mol. The van der Waals surface area contributed by atoms with Crippen LogP contribution in [0, 0.1) is 0 Å². The van der Waals surface area contributed by atoms with E-state index in [4.69, 9.17) is 17.3 Å². The van der Waals surface area contributed by atoms with Gasteiger partial charge in [-0.15, -0.1) is 12.4 Å². The Morgan fingerprint density at radius 2 is 2.08 bits per heavy atom. The minimum Gasteiger partial charge on any atom is -0.324 e. The number of nitrogens with two attached hydrogens (primary N) is 1. The number of hydrogen-bond acceptors (Lipinski definition) is 1. The van der Waals surface area contributed by atoms with Crippen LogP contribution >= 0.6 is 39.9 Å². The molecule has 0 amide bonds. The maximum Gasteiger partial charge on any atom is 0.0464 e. The highest BCUT2D eigenvalue weighted by atomic mass is 79.9. The summed E-state index contributed by atoms with van der Waals surface area (Å²) in [7, 11) is 0. The van der Waals surface area contributed by atoms with Gasteiger partial charge in [0.25, 0.3) is 0 Å². The number of halogens is 3. The van der Waals surface area contributed by atoms with E-state index in [0.717, 1.165) is 15.1 Å². The Bertz CT molecular complexity index is 243. The van der Waals surface area contributed by atoms with Crippen molar-refractivity contribution in [1.82, 2.24) is 0 Å². The van der Waals surface area contributed by atoms with Crippen LogP contribution in [0.5, 0.6) is 0 Å². The van der Waals surface area contributed by atoms with Crippen molar-refractivity contribution in [1.29, 1.82) is 0 Å². The van der Waals surface area contributed by atoms with E-state index in [-0.39, 0.29) is 18.4 Å². The fourth-order valence-corrected chi connectivity index (χ4v) is 2.13. The molecule has 0 fully saturated rings. The summed E-state index contributed by atoms with van der Waals surface area (Å²) >= 11 is 9.30. The minimum atomic E-state index is -0.0296. The molecule has 68 valence electrons. The fraction of sp³-hybridized carbons (Fsp3) is 0.250. The summed E-state index contributed by atoms with van der Waals surface area (Å²) < 4.78 is 0.972. The zero-order valence-corrected chi connectivity index (χ0v) is 9.71. The third kappa shape index (κ3) is 2.63. The van der Waals surface area contributed by atoms with Crippen molar-refractivity contribution < 1.29 is 0 Å². The van der Waals surface area contributed by atoms with E-state index in [0.29, 0.717) is 0 Å². The van der Waals surface area contributed by atoms with Crippen LogP contribution in [0.15, 0.2) is 22.7 Å². The first-order valence-corrected chi connectivity index (χ1v) is 4.49. The van der Waals surface area contributed by atoms with E-state index in [2.05, 4.69) is 15.9 Å². The molecule has 0 saturated carbocycles. The van der Waals surface area contributed by atoms with Gasteiger partial charge < -0.3 is 5.73 Å². The first-order chi connectivity index (χ1) is 5.13. The third-order valence-corrected chi connectivity index (χ3v) is 2.48. The van der Waals surface area contributed by atoms with E-state index in [1.54, 1.807) is 0 Å². The molecule has 1 nitrogen and oxygen atoms in total. The molecule has 0 aliphatic heterocycles. The smallest absolute Gasteiger partial charge is 0.0464 e. The van der Waals surface area contributed by atoms with Crippen molar-refractivity contribution in [3.8, 4) is 0 Å². The average molecular weight is 271 g/mol. The summed E-state index contributed by atoms with van der Waals surface area (Å²) in [4.78, 5) is 0. The molecule has 1 atom stereocenters. The molecule has 0 aliphatic carbocycles. The van der Waals surface area contributed by atoms with Crippen LogP contribution in [0.4, 0.5) is 0 Å². The van der Waals surface area contributed by atoms with E-state index >= 15 is 0 Å².